The highest BCUT2D eigenvalue weighted by molar-refractivity contribution is 6.00. The van der Waals surface area contributed by atoms with Gasteiger partial charge in [0, 0.05) is 30.1 Å². The summed E-state index contributed by atoms with van der Waals surface area (Å²) in [5, 5.41) is 7.59. The molecule has 1 N–H and O–H groups in total. The maximum absolute atomic E-state index is 13.5. The van der Waals surface area contributed by atoms with E-state index >= 15 is 0 Å². The van der Waals surface area contributed by atoms with Crippen LogP contribution in [0.5, 0.6) is 5.75 Å². The fourth-order valence-corrected chi connectivity index (χ4v) is 4.32. The van der Waals surface area contributed by atoms with Crippen LogP contribution in [0.15, 0.2) is 73.1 Å². The Morgan fingerprint density at radius 3 is 2.70 bits per heavy atom. The van der Waals surface area contributed by atoms with Gasteiger partial charge in [-0.2, -0.15) is 5.10 Å². The molecule has 0 fully saturated rings. The molecule has 1 aliphatic heterocycles. The van der Waals surface area contributed by atoms with Gasteiger partial charge in [0.1, 0.15) is 11.4 Å². The van der Waals surface area contributed by atoms with Crippen molar-refractivity contribution in [3.05, 3.63) is 101 Å². The number of aromatic amines is 1. The first kappa shape index (κ1) is 20.9. The molecule has 6 heteroatoms. The average Bonchev–Trinajstić information content (AvgIpc) is 3.38. The van der Waals surface area contributed by atoms with Crippen molar-refractivity contribution in [3.63, 3.8) is 0 Å². The van der Waals surface area contributed by atoms with Crippen molar-refractivity contribution in [1.82, 2.24) is 20.1 Å². The maximum Gasteiger partial charge on any atom is 0.273 e. The topological polar surface area (TPSA) is 71.1 Å². The fourth-order valence-electron chi connectivity index (χ4n) is 4.32. The van der Waals surface area contributed by atoms with Crippen LogP contribution in [0, 0.1) is 6.92 Å². The molecule has 2 aromatic carbocycles. The number of nitrogens with zero attached hydrogens (tertiary/aromatic N) is 3. The molecule has 6 nitrogen and oxygen atoms in total. The summed E-state index contributed by atoms with van der Waals surface area (Å²) in [5.41, 5.74) is 6.38. The molecular weight excluding hydrogens is 412 g/mol. The van der Waals surface area contributed by atoms with Crippen LogP contribution in [0.2, 0.25) is 0 Å². The lowest BCUT2D eigenvalue weighted by Crippen LogP contribution is -2.29. The molecule has 33 heavy (non-hydrogen) atoms. The van der Waals surface area contributed by atoms with Crippen molar-refractivity contribution in [2.45, 2.75) is 32.9 Å². The second-order valence-corrected chi connectivity index (χ2v) is 8.34. The highest BCUT2D eigenvalue weighted by Crippen LogP contribution is 2.44. The molecule has 5 rings (SSSR count). The van der Waals surface area contributed by atoms with Crippen LogP contribution < -0.4 is 4.74 Å². The van der Waals surface area contributed by atoms with Gasteiger partial charge < -0.3 is 9.64 Å². The number of benzene rings is 2. The molecule has 0 saturated carbocycles. The lowest BCUT2D eigenvalue weighted by molar-refractivity contribution is 0.0729. The van der Waals surface area contributed by atoms with E-state index in [-0.39, 0.29) is 11.9 Å². The Kier molecular flexibility index (Phi) is 5.65. The summed E-state index contributed by atoms with van der Waals surface area (Å²) >= 11 is 0. The Bertz CT molecular complexity index is 1270. The lowest BCUT2D eigenvalue weighted by atomic mass is 9.95. The molecule has 166 valence electrons. The molecule has 4 aromatic rings. The third-order valence-corrected chi connectivity index (χ3v) is 5.91. The highest BCUT2D eigenvalue weighted by Gasteiger charge is 2.42. The predicted octanol–water partition coefficient (Wildman–Crippen LogP) is 5.31. The van der Waals surface area contributed by atoms with Crippen LogP contribution in [0.1, 0.15) is 52.1 Å². The van der Waals surface area contributed by atoms with E-state index in [1.54, 1.807) is 12.4 Å². The van der Waals surface area contributed by atoms with Gasteiger partial charge >= 0.3 is 0 Å². The molecule has 1 amide bonds. The van der Waals surface area contributed by atoms with E-state index in [0.717, 1.165) is 40.1 Å². The Balaban J connectivity index is 1.62. The van der Waals surface area contributed by atoms with Gasteiger partial charge in [-0.15, -0.1) is 0 Å². The minimum Gasteiger partial charge on any atom is -0.494 e. The van der Waals surface area contributed by atoms with Crippen LogP contribution in [0.4, 0.5) is 0 Å². The monoisotopic (exact) mass is 438 g/mol. The first-order chi connectivity index (χ1) is 16.2. The fraction of sp³-hybridized carbons (Fsp3) is 0.222. The van der Waals surface area contributed by atoms with Crippen molar-refractivity contribution >= 4 is 5.91 Å². The number of H-pyrrole nitrogens is 1. The van der Waals surface area contributed by atoms with Gasteiger partial charge in [-0.05, 0) is 42.7 Å². The zero-order chi connectivity index (χ0) is 22.8. The zero-order valence-corrected chi connectivity index (χ0v) is 18.8. The van der Waals surface area contributed by atoms with Crippen LogP contribution >= 0.6 is 0 Å². The number of pyridine rings is 1. The van der Waals surface area contributed by atoms with Gasteiger partial charge in [0.2, 0.25) is 0 Å². The third-order valence-electron chi connectivity index (χ3n) is 5.91. The number of hydrogen-bond acceptors (Lipinski definition) is 4. The number of amides is 1. The van der Waals surface area contributed by atoms with E-state index < -0.39 is 0 Å². The number of nitrogens with one attached hydrogen (secondary N) is 1. The molecule has 1 unspecified atom stereocenters. The summed E-state index contributed by atoms with van der Waals surface area (Å²) in [7, 11) is 0. The van der Waals surface area contributed by atoms with Crippen LogP contribution in [0.3, 0.4) is 0 Å². The number of hydrogen-bond donors (Lipinski definition) is 1. The smallest absolute Gasteiger partial charge is 0.273 e. The number of fused-ring (bicyclic) bond motifs is 1. The summed E-state index contributed by atoms with van der Waals surface area (Å²) in [6.07, 6.45) is 4.48. The molecule has 3 heterocycles. The van der Waals surface area contributed by atoms with Crippen molar-refractivity contribution in [2.75, 3.05) is 6.61 Å². The summed E-state index contributed by atoms with van der Waals surface area (Å²) in [5.74, 6) is 0.738. The molecule has 0 radical (unpaired) electrons. The number of ether oxygens (including phenoxy) is 1. The van der Waals surface area contributed by atoms with Crippen LogP contribution in [0.25, 0.3) is 11.3 Å². The molecular formula is C27H26N4O2. The average molecular weight is 439 g/mol. The zero-order valence-electron chi connectivity index (χ0n) is 18.8. The highest BCUT2D eigenvalue weighted by atomic mass is 16.5. The van der Waals surface area contributed by atoms with Crippen molar-refractivity contribution < 1.29 is 9.53 Å². The summed E-state index contributed by atoms with van der Waals surface area (Å²) in [4.78, 5) is 19.7. The van der Waals surface area contributed by atoms with E-state index in [4.69, 9.17) is 4.74 Å². The van der Waals surface area contributed by atoms with Crippen molar-refractivity contribution in [2.24, 2.45) is 0 Å². The van der Waals surface area contributed by atoms with Crippen LogP contribution in [-0.4, -0.2) is 32.6 Å². The molecule has 0 aliphatic carbocycles. The van der Waals surface area contributed by atoms with E-state index in [1.165, 1.54) is 5.56 Å². The van der Waals surface area contributed by atoms with Crippen molar-refractivity contribution in [3.8, 4) is 17.0 Å². The Hall–Kier alpha value is -3.93. The lowest BCUT2D eigenvalue weighted by Gasteiger charge is -2.26. The SMILES string of the molecule is CCCOc1cccc(C2c3c(-c4ccc(C)cc4)n[nH]c3C(=O)N2Cc2cccnc2)c1. The minimum absolute atomic E-state index is 0.0652. The second kappa shape index (κ2) is 8.90. The summed E-state index contributed by atoms with van der Waals surface area (Å²) < 4.78 is 5.90. The summed E-state index contributed by atoms with van der Waals surface area (Å²) in [6, 6.07) is 19.9. The minimum atomic E-state index is -0.284. The van der Waals surface area contributed by atoms with Gasteiger partial charge in [-0.3, -0.25) is 14.9 Å². The predicted molar refractivity (Wildman–Crippen MR) is 127 cm³/mol. The Morgan fingerprint density at radius 2 is 1.94 bits per heavy atom. The number of aryl methyl sites for hydroxylation is 1. The molecule has 0 saturated heterocycles. The third kappa shape index (κ3) is 4.00. The maximum atomic E-state index is 13.5. The number of carbonyl (C=O) groups excluding carboxylic acids is 1. The standard InChI is InChI=1S/C27H26N4O2/c1-3-14-33-22-8-4-7-21(15-22)26-23-24(20-11-9-18(2)10-12-20)29-30-25(23)27(32)31(26)17-19-6-5-13-28-16-19/h4-13,15-16,26H,3,14,17H2,1-2H3,(H,29,30). The van der Waals surface area contributed by atoms with Gasteiger partial charge in [0.25, 0.3) is 5.91 Å². The molecule has 0 spiro atoms. The molecule has 0 bridgehead atoms. The first-order valence-corrected chi connectivity index (χ1v) is 11.2. The summed E-state index contributed by atoms with van der Waals surface area (Å²) in [6.45, 7) is 5.24. The first-order valence-electron chi connectivity index (χ1n) is 11.2. The largest absolute Gasteiger partial charge is 0.494 e. The second-order valence-electron chi connectivity index (χ2n) is 8.34. The number of rotatable bonds is 7. The number of aromatic nitrogens is 3. The normalized spacial score (nSPS) is 15.0. The van der Waals surface area contributed by atoms with E-state index in [2.05, 4.69) is 53.3 Å². The van der Waals surface area contributed by atoms with Gasteiger partial charge in [-0.1, -0.05) is 55.0 Å². The van der Waals surface area contributed by atoms with Gasteiger partial charge in [0.15, 0.2) is 0 Å². The van der Waals surface area contributed by atoms with E-state index in [0.29, 0.717) is 18.8 Å². The van der Waals surface area contributed by atoms with E-state index in [1.807, 2.05) is 41.3 Å². The van der Waals surface area contributed by atoms with Gasteiger partial charge in [-0.25, -0.2) is 0 Å². The quantitative estimate of drug-likeness (QED) is 0.424. The van der Waals surface area contributed by atoms with Crippen molar-refractivity contribution in [1.29, 1.82) is 0 Å². The van der Waals surface area contributed by atoms with Crippen LogP contribution in [-0.2, 0) is 6.54 Å². The molecule has 2 aromatic heterocycles. The molecule has 1 aliphatic rings. The molecule has 1 atom stereocenters. The van der Waals surface area contributed by atoms with E-state index in [9.17, 15) is 4.79 Å². The Morgan fingerprint density at radius 1 is 1.09 bits per heavy atom. The number of carbonyl (C=O) groups is 1. The van der Waals surface area contributed by atoms with Gasteiger partial charge in [0.05, 0.1) is 18.3 Å². The Labute approximate surface area is 193 Å².